The Morgan fingerprint density at radius 1 is 1.25 bits per heavy atom. The molecule has 1 aliphatic carbocycles. The average Bonchev–Trinajstić information content (AvgIpc) is 3.06. The predicted octanol–water partition coefficient (Wildman–Crippen LogP) is 3.90. The van der Waals surface area contributed by atoms with Crippen molar-refractivity contribution in [2.24, 2.45) is 11.7 Å². The van der Waals surface area contributed by atoms with Gasteiger partial charge in [-0.15, -0.1) is 0 Å². The second-order valence-electron chi connectivity index (χ2n) is 6.87. The Morgan fingerprint density at radius 2 is 1.85 bits per heavy atom. The zero-order chi connectivity index (χ0) is 14.8. The number of rotatable bonds is 6. The molecule has 1 aromatic rings. The number of nitrogens with zero attached hydrogens (tertiary/aromatic N) is 2. The van der Waals surface area contributed by atoms with E-state index in [9.17, 15) is 0 Å². The average molecular weight is 279 g/mol. The smallest absolute Gasteiger partial charge is 0.232 e. The Kier molecular flexibility index (Phi) is 4.52. The molecule has 1 saturated carbocycles. The fourth-order valence-electron chi connectivity index (χ4n) is 3.55. The van der Waals surface area contributed by atoms with Crippen LogP contribution in [0.25, 0.3) is 0 Å². The van der Waals surface area contributed by atoms with Crippen molar-refractivity contribution in [3.05, 3.63) is 11.7 Å². The van der Waals surface area contributed by atoms with Gasteiger partial charge in [0.15, 0.2) is 5.82 Å². The van der Waals surface area contributed by atoms with Crippen molar-refractivity contribution in [1.82, 2.24) is 10.1 Å². The van der Waals surface area contributed by atoms with E-state index < -0.39 is 5.54 Å². The summed E-state index contributed by atoms with van der Waals surface area (Å²) in [6.45, 7) is 8.70. The van der Waals surface area contributed by atoms with Crippen LogP contribution in [0.15, 0.2) is 4.52 Å². The number of aromatic nitrogens is 2. The van der Waals surface area contributed by atoms with Crippen molar-refractivity contribution in [3.63, 3.8) is 0 Å². The van der Waals surface area contributed by atoms with E-state index in [1.807, 2.05) is 0 Å². The molecule has 1 heterocycles. The summed E-state index contributed by atoms with van der Waals surface area (Å²) in [5.41, 5.74) is 6.04. The monoisotopic (exact) mass is 279 g/mol. The van der Waals surface area contributed by atoms with Gasteiger partial charge in [-0.05, 0) is 38.0 Å². The van der Waals surface area contributed by atoms with Crippen molar-refractivity contribution in [1.29, 1.82) is 0 Å². The van der Waals surface area contributed by atoms with Gasteiger partial charge >= 0.3 is 0 Å². The minimum absolute atomic E-state index is 0.0990. The molecular weight excluding hydrogens is 250 g/mol. The summed E-state index contributed by atoms with van der Waals surface area (Å²) in [6, 6.07) is 0. The summed E-state index contributed by atoms with van der Waals surface area (Å²) >= 11 is 0. The summed E-state index contributed by atoms with van der Waals surface area (Å²) in [7, 11) is 0. The van der Waals surface area contributed by atoms with Crippen molar-refractivity contribution in [3.8, 4) is 0 Å². The minimum Gasteiger partial charge on any atom is -0.339 e. The van der Waals surface area contributed by atoms with E-state index in [1.165, 1.54) is 25.7 Å². The Bertz CT molecular complexity index is 429. The number of hydrogen-bond acceptors (Lipinski definition) is 4. The minimum atomic E-state index is -0.445. The van der Waals surface area contributed by atoms with Gasteiger partial charge in [0.2, 0.25) is 5.89 Å². The lowest BCUT2D eigenvalue weighted by Crippen LogP contribution is -2.36. The standard InChI is InChI=1S/C16H29N3O/c1-5-16(17,6-2)13-18-14(20-19-13)15(11-12(3)4)9-7-8-10-15/h12H,5-11,17H2,1-4H3. The third kappa shape index (κ3) is 2.76. The molecule has 1 aromatic heterocycles. The van der Waals surface area contributed by atoms with Crippen molar-refractivity contribution < 1.29 is 4.52 Å². The lowest BCUT2D eigenvalue weighted by atomic mass is 9.78. The molecule has 0 radical (unpaired) electrons. The quantitative estimate of drug-likeness (QED) is 0.857. The Hall–Kier alpha value is -0.900. The second kappa shape index (κ2) is 5.84. The topological polar surface area (TPSA) is 64.9 Å². The maximum atomic E-state index is 6.39. The summed E-state index contributed by atoms with van der Waals surface area (Å²) in [4.78, 5) is 4.73. The first-order chi connectivity index (χ1) is 9.46. The van der Waals surface area contributed by atoms with Crippen LogP contribution in [0.5, 0.6) is 0 Å². The first-order valence-electron chi connectivity index (χ1n) is 8.09. The van der Waals surface area contributed by atoms with Crippen LogP contribution < -0.4 is 5.73 Å². The van der Waals surface area contributed by atoms with Gasteiger partial charge < -0.3 is 10.3 Å². The molecule has 0 aliphatic heterocycles. The van der Waals surface area contributed by atoms with E-state index in [4.69, 9.17) is 15.2 Å². The van der Waals surface area contributed by atoms with Gasteiger partial charge in [0.05, 0.1) is 5.54 Å². The third-order valence-corrected chi connectivity index (χ3v) is 4.95. The third-order valence-electron chi connectivity index (χ3n) is 4.95. The molecule has 0 unspecified atom stereocenters. The van der Waals surface area contributed by atoms with E-state index in [-0.39, 0.29) is 5.41 Å². The fraction of sp³-hybridized carbons (Fsp3) is 0.875. The van der Waals surface area contributed by atoms with E-state index in [0.29, 0.717) is 11.7 Å². The van der Waals surface area contributed by atoms with Crippen LogP contribution in [0.1, 0.15) is 84.4 Å². The van der Waals surface area contributed by atoms with Gasteiger partial charge in [-0.1, -0.05) is 45.7 Å². The van der Waals surface area contributed by atoms with Crippen LogP contribution in [-0.2, 0) is 11.0 Å². The normalized spacial score (nSPS) is 18.9. The molecule has 0 spiro atoms. The van der Waals surface area contributed by atoms with Crippen LogP contribution in [0, 0.1) is 5.92 Å². The van der Waals surface area contributed by atoms with Crippen LogP contribution in [-0.4, -0.2) is 10.1 Å². The van der Waals surface area contributed by atoms with Gasteiger partial charge in [0.1, 0.15) is 0 Å². The molecule has 1 fully saturated rings. The van der Waals surface area contributed by atoms with Gasteiger partial charge in [-0.25, -0.2) is 0 Å². The van der Waals surface area contributed by atoms with Crippen LogP contribution in [0.4, 0.5) is 0 Å². The van der Waals surface area contributed by atoms with Gasteiger partial charge in [-0.2, -0.15) is 4.98 Å². The highest BCUT2D eigenvalue weighted by molar-refractivity contribution is 5.12. The Labute approximate surface area is 122 Å². The maximum Gasteiger partial charge on any atom is 0.232 e. The van der Waals surface area contributed by atoms with Gasteiger partial charge in [0.25, 0.3) is 0 Å². The second-order valence-corrected chi connectivity index (χ2v) is 6.87. The zero-order valence-corrected chi connectivity index (χ0v) is 13.4. The van der Waals surface area contributed by atoms with E-state index in [2.05, 4.69) is 32.9 Å². The molecule has 0 saturated heterocycles. The van der Waals surface area contributed by atoms with Crippen molar-refractivity contribution in [2.75, 3.05) is 0 Å². The molecule has 0 amide bonds. The first kappa shape index (κ1) is 15.5. The Morgan fingerprint density at radius 3 is 2.35 bits per heavy atom. The largest absolute Gasteiger partial charge is 0.339 e. The Balaban J connectivity index is 2.30. The summed E-state index contributed by atoms with van der Waals surface area (Å²) in [5.74, 6) is 2.16. The van der Waals surface area contributed by atoms with E-state index in [1.54, 1.807) is 0 Å². The van der Waals surface area contributed by atoms with Crippen LogP contribution >= 0.6 is 0 Å². The van der Waals surface area contributed by atoms with Crippen molar-refractivity contribution in [2.45, 2.75) is 83.6 Å². The molecule has 0 aromatic carbocycles. The van der Waals surface area contributed by atoms with Gasteiger partial charge in [-0.3, -0.25) is 0 Å². The molecule has 0 atom stereocenters. The zero-order valence-electron chi connectivity index (χ0n) is 13.4. The fourth-order valence-corrected chi connectivity index (χ4v) is 3.55. The highest BCUT2D eigenvalue weighted by atomic mass is 16.5. The molecule has 1 aliphatic rings. The number of hydrogen-bond donors (Lipinski definition) is 1. The molecule has 2 N–H and O–H groups in total. The maximum absolute atomic E-state index is 6.39. The highest BCUT2D eigenvalue weighted by Gasteiger charge is 2.42. The molecule has 20 heavy (non-hydrogen) atoms. The lowest BCUT2D eigenvalue weighted by Gasteiger charge is -2.27. The van der Waals surface area contributed by atoms with Gasteiger partial charge in [0, 0.05) is 5.41 Å². The molecule has 4 nitrogen and oxygen atoms in total. The molecule has 0 bridgehead atoms. The van der Waals surface area contributed by atoms with Crippen molar-refractivity contribution >= 4 is 0 Å². The lowest BCUT2D eigenvalue weighted by molar-refractivity contribution is 0.241. The summed E-state index contributed by atoms with van der Waals surface area (Å²) in [6.07, 6.45) is 7.66. The molecule has 2 rings (SSSR count). The number of nitrogens with two attached hydrogens (primary N) is 1. The molecule has 4 heteroatoms. The SMILES string of the molecule is CCC(N)(CC)c1noc(C2(CC(C)C)CCCC2)n1. The first-order valence-corrected chi connectivity index (χ1v) is 8.09. The summed E-state index contributed by atoms with van der Waals surface area (Å²) < 4.78 is 5.66. The summed E-state index contributed by atoms with van der Waals surface area (Å²) in [5, 5.41) is 4.22. The molecular formula is C16H29N3O. The highest BCUT2D eigenvalue weighted by Crippen LogP contribution is 2.45. The predicted molar refractivity (Wildman–Crippen MR) is 80.3 cm³/mol. The van der Waals surface area contributed by atoms with Crippen LogP contribution in [0.3, 0.4) is 0 Å². The molecule has 114 valence electrons. The van der Waals surface area contributed by atoms with E-state index in [0.717, 1.165) is 25.2 Å². The van der Waals surface area contributed by atoms with E-state index >= 15 is 0 Å². The van der Waals surface area contributed by atoms with Crippen LogP contribution in [0.2, 0.25) is 0 Å².